The van der Waals surface area contributed by atoms with E-state index in [4.69, 9.17) is 10.8 Å². The minimum atomic E-state index is -0.815. The molecule has 0 saturated heterocycles. The van der Waals surface area contributed by atoms with Crippen LogP contribution in [0.25, 0.3) is 0 Å². The standard InChI is InChI=1S/C6H13NO3/c1-10-6(9)4-2-3-5(7)8/h5,8H,2-4,7H2,1H3. The van der Waals surface area contributed by atoms with Crippen molar-refractivity contribution in [3.63, 3.8) is 0 Å². The van der Waals surface area contributed by atoms with Gasteiger partial charge in [-0.25, -0.2) is 0 Å². The highest BCUT2D eigenvalue weighted by Gasteiger charge is 2.01. The van der Waals surface area contributed by atoms with Crippen LogP contribution in [0.3, 0.4) is 0 Å². The molecule has 4 heteroatoms. The normalized spacial score (nSPS) is 12.7. The molecule has 0 saturated carbocycles. The number of aliphatic hydroxyl groups is 1. The quantitative estimate of drug-likeness (QED) is 0.419. The van der Waals surface area contributed by atoms with Crippen LogP contribution < -0.4 is 5.73 Å². The van der Waals surface area contributed by atoms with Crippen molar-refractivity contribution in [1.82, 2.24) is 0 Å². The molecule has 10 heavy (non-hydrogen) atoms. The van der Waals surface area contributed by atoms with Gasteiger partial charge in [0.15, 0.2) is 0 Å². The second-order valence-corrected chi connectivity index (χ2v) is 2.04. The van der Waals surface area contributed by atoms with Crippen LogP contribution in [0, 0.1) is 0 Å². The van der Waals surface area contributed by atoms with Gasteiger partial charge in [-0.3, -0.25) is 4.79 Å². The molecule has 0 bridgehead atoms. The van der Waals surface area contributed by atoms with Crippen LogP contribution in [0.1, 0.15) is 19.3 Å². The molecule has 0 aliphatic rings. The third-order valence-corrected chi connectivity index (χ3v) is 1.11. The van der Waals surface area contributed by atoms with Gasteiger partial charge >= 0.3 is 5.97 Å². The lowest BCUT2D eigenvalue weighted by molar-refractivity contribution is -0.140. The SMILES string of the molecule is COC(=O)CCCC(N)O. The van der Waals surface area contributed by atoms with Crippen molar-refractivity contribution in [2.45, 2.75) is 25.5 Å². The molecule has 4 nitrogen and oxygen atoms in total. The molecule has 0 heterocycles. The number of methoxy groups -OCH3 is 1. The molecule has 0 radical (unpaired) electrons. The zero-order valence-corrected chi connectivity index (χ0v) is 6.04. The van der Waals surface area contributed by atoms with Crippen LogP contribution in [0.2, 0.25) is 0 Å². The van der Waals surface area contributed by atoms with Gasteiger partial charge in [-0.05, 0) is 12.8 Å². The predicted molar refractivity (Wildman–Crippen MR) is 36.1 cm³/mol. The number of hydrogen-bond donors (Lipinski definition) is 2. The van der Waals surface area contributed by atoms with E-state index in [0.29, 0.717) is 19.3 Å². The first kappa shape index (κ1) is 9.39. The lowest BCUT2D eigenvalue weighted by Crippen LogP contribution is -2.18. The number of nitrogens with two attached hydrogens (primary N) is 1. The minimum absolute atomic E-state index is 0.263. The van der Waals surface area contributed by atoms with Gasteiger partial charge in [-0.1, -0.05) is 0 Å². The molecule has 0 spiro atoms. The first-order chi connectivity index (χ1) is 4.66. The van der Waals surface area contributed by atoms with Crippen LogP contribution in [-0.2, 0) is 9.53 Å². The Bertz CT molecular complexity index is 103. The molecule has 0 aliphatic carbocycles. The van der Waals surface area contributed by atoms with E-state index in [-0.39, 0.29) is 5.97 Å². The zero-order valence-electron chi connectivity index (χ0n) is 6.04. The molecule has 0 aromatic carbocycles. The summed E-state index contributed by atoms with van der Waals surface area (Å²) in [4.78, 5) is 10.4. The maximum atomic E-state index is 10.4. The summed E-state index contributed by atoms with van der Waals surface area (Å²) in [6, 6.07) is 0. The monoisotopic (exact) mass is 147 g/mol. The molecule has 0 aromatic heterocycles. The number of ether oxygens (including phenoxy) is 1. The fraction of sp³-hybridized carbons (Fsp3) is 0.833. The van der Waals surface area contributed by atoms with Gasteiger partial charge < -0.3 is 15.6 Å². The predicted octanol–water partition coefficient (Wildman–Crippen LogP) is -0.393. The van der Waals surface area contributed by atoms with Crippen molar-refractivity contribution in [2.75, 3.05) is 7.11 Å². The average Bonchev–Trinajstić information content (AvgIpc) is 1.87. The van der Waals surface area contributed by atoms with Crippen LogP contribution in [0.15, 0.2) is 0 Å². The van der Waals surface area contributed by atoms with Gasteiger partial charge in [0.05, 0.1) is 7.11 Å². The summed E-state index contributed by atoms with van der Waals surface area (Å²) in [5.41, 5.74) is 5.02. The second-order valence-electron chi connectivity index (χ2n) is 2.04. The van der Waals surface area contributed by atoms with E-state index in [9.17, 15) is 4.79 Å². The molecular formula is C6H13NO3. The highest BCUT2D eigenvalue weighted by Crippen LogP contribution is 1.97. The molecule has 1 atom stereocenters. The summed E-state index contributed by atoms with van der Waals surface area (Å²) >= 11 is 0. The Morgan fingerprint density at radius 2 is 2.40 bits per heavy atom. The first-order valence-corrected chi connectivity index (χ1v) is 3.17. The molecule has 0 aromatic rings. The minimum Gasteiger partial charge on any atom is -0.469 e. The van der Waals surface area contributed by atoms with Gasteiger partial charge in [0, 0.05) is 6.42 Å². The van der Waals surface area contributed by atoms with Gasteiger partial charge in [-0.2, -0.15) is 0 Å². The Labute approximate surface area is 60.0 Å². The smallest absolute Gasteiger partial charge is 0.305 e. The maximum Gasteiger partial charge on any atom is 0.305 e. The third-order valence-electron chi connectivity index (χ3n) is 1.11. The number of carbonyl (C=O) groups is 1. The summed E-state index contributed by atoms with van der Waals surface area (Å²) in [5, 5.41) is 8.56. The molecule has 3 N–H and O–H groups in total. The molecule has 0 rings (SSSR count). The zero-order chi connectivity index (χ0) is 7.98. The van der Waals surface area contributed by atoms with E-state index in [1.54, 1.807) is 0 Å². The molecule has 1 unspecified atom stereocenters. The van der Waals surface area contributed by atoms with Crippen molar-refractivity contribution in [2.24, 2.45) is 5.73 Å². The Kier molecular flexibility index (Phi) is 4.88. The molecule has 0 aliphatic heterocycles. The first-order valence-electron chi connectivity index (χ1n) is 3.17. The molecule has 60 valence electrons. The lowest BCUT2D eigenvalue weighted by Gasteiger charge is -2.01. The number of rotatable bonds is 4. The summed E-state index contributed by atoms with van der Waals surface area (Å²) in [7, 11) is 1.33. The van der Waals surface area contributed by atoms with Crippen LogP contribution in [0.4, 0.5) is 0 Å². The fourth-order valence-electron chi connectivity index (χ4n) is 0.558. The van der Waals surface area contributed by atoms with Crippen LogP contribution in [-0.4, -0.2) is 24.4 Å². The Hall–Kier alpha value is -0.610. The Morgan fingerprint density at radius 1 is 1.80 bits per heavy atom. The van der Waals surface area contributed by atoms with Crippen molar-refractivity contribution in [3.8, 4) is 0 Å². The number of aliphatic hydroxyl groups excluding tert-OH is 1. The van der Waals surface area contributed by atoms with Gasteiger partial charge in [0.25, 0.3) is 0 Å². The summed E-state index contributed by atoms with van der Waals surface area (Å²) < 4.78 is 4.37. The van der Waals surface area contributed by atoms with E-state index in [1.807, 2.05) is 0 Å². The summed E-state index contributed by atoms with van der Waals surface area (Å²) in [6.07, 6.45) is 0.522. The highest BCUT2D eigenvalue weighted by atomic mass is 16.5. The summed E-state index contributed by atoms with van der Waals surface area (Å²) in [5.74, 6) is -0.263. The van der Waals surface area contributed by atoms with E-state index >= 15 is 0 Å². The lowest BCUT2D eigenvalue weighted by atomic mass is 10.2. The summed E-state index contributed by atoms with van der Waals surface area (Å²) in [6.45, 7) is 0. The van der Waals surface area contributed by atoms with Crippen molar-refractivity contribution >= 4 is 5.97 Å². The molecular weight excluding hydrogens is 134 g/mol. The van der Waals surface area contributed by atoms with E-state index in [2.05, 4.69) is 4.74 Å². The molecule has 0 amide bonds. The fourth-order valence-corrected chi connectivity index (χ4v) is 0.558. The number of esters is 1. The van der Waals surface area contributed by atoms with Crippen LogP contribution in [0.5, 0.6) is 0 Å². The highest BCUT2D eigenvalue weighted by molar-refractivity contribution is 5.68. The molecule has 0 fully saturated rings. The Morgan fingerprint density at radius 3 is 2.80 bits per heavy atom. The van der Waals surface area contributed by atoms with Gasteiger partial charge in [0.2, 0.25) is 0 Å². The van der Waals surface area contributed by atoms with Crippen molar-refractivity contribution in [1.29, 1.82) is 0 Å². The Balaban J connectivity index is 3.12. The van der Waals surface area contributed by atoms with E-state index < -0.39 is 6.23 Å². The van der Waals surface area contributed by atoms with Crippen molar-refractivity contribution in [3.05, 3.63) is 0 Å². The number of hydrogen-bond acceptors (Lipinski definition) is 4. The van der Waals surface area contributed by atoms with E-state index in [0.717, 1.165) is 0 Å². The second kappa shape index (κ2) is 5.20. The largest absolute Gasteiger partial charge is 0.469 e. The van der Waals surface area contributed by atoms with E-state index in [1.165, 1.54) is 7.11 Å². The average molecular weight is 147 g/mol. The van der Waals surface area contributed by atoms with Crippen molar-refractivity contribution < 1.29 is 14.6 Å². The van der Waals surface area contributed by atoms with Gasteiger partial charge in [-0.15, -0.1) is 0 Å². The number of carbonyl (C=O) groups excluding carboxylic acids is 1. The van der Waals surface area contributed by atoms with Gasteiger partial charge in [0.1, 0.15) is 6.23 Å². The topological polar surface area (TPSA) is 72.5 Å². The third kappa shape index (κ3) is 5.53. The maximum absolute atomic E-state index is 10.4. The van der Waals surface area contributed by atoms with Crippen LogP contribution >= 0.6 is 0 Å².